The van der Waals surface area contributed by atoms with Crippen molar-refractivity contribution in [2.24, 2.45) is 0 Å². The van der Waals surface area contributed by atoms with E-state index in [1.165, 1.54) is 0 Å². The van der Waals surface area contributed by atoms with Crippen LogP contribution in [-0.2, 0) is 4.84 Å². The topological polar surface area (TPSA) is 241 Å². The van der Waals surface area contributed by atoms with Crippen LogP contribution in [0, 0.1) is 10.1 Å². The monoisotopic (exact) mass is 185 g/mol. The van der Waals surface area contributed by atoms with E-state index >= 15 is 0 Å². The molecule has 0 aliphatic heterocycles. The Bertz CT molecular complexity index is 44.8. The number of nitrogens with zero attached hydrogens (tertiary/aromatic N) is 1. The summed E-state index contributed by atoms with van der Waals surface area (Å²) in [5.41, 5.74) is 0. The smallest absolute Gasteiger partial charge is 0.294 e. The lowest BCUT2D eigenvalue weighted by Crippen LogP contribution is -1.91. The van der Waals surface area contributed by atoms with Gasteiger partial charge in [0.15, 0.2) is 0 Å². The summed E-state index contributed by atoms with van der Waals surface area (Å²) in [6.07, 6.45) is 0. The van der Waals surface area contributed by atoms with Crippen LogP contribution in [0.4, 0.5) is 0 Å². The van der Waals surface area contributed by atoms with Crippen molar-refractivity contribution in [1.82, 2.24) is 0 Å². The molecule has 0 saturated carbocycles. The van der Waals surface area contributed by atoms with Crippen LogP contribution in [0.5, 0.6) is 0 Å². The third-order valence-corrected chi connectivity index (χ3v) is 0.149. The average molecular weight is 185 g/mol. The molecule has 78 valence electrons. The quantitative estimate of drug-likeness (QED) is 0.287. The van der Waals surface area contributed by atoms with E-state index in [1.807, 2.05) is 0 Å². The minimum absolute atomic E-state index is 0. The van der Waals surface area contributed by atoms with Crippen molar-refractivity contribution in [2.45, 2.75) is 0 Å². The first-order chi connectivity index (χ1) is 2.27. The first-order valence-corrected chi connectivity index (χ1v) is 0.956. The summed E-state index contributed by atoms with van der Waals surface area (Å²) in [5.74, 6) is 0. The van der Waals surface area contributed by atoms with Crippen LogP contribution < -0.4 is 0 Å². The Hall–Kier alpha value is -1.04. The second-order valence-corrected chi connectivity index (χ2v) is 0.406. The van der Waals surface area contributed by atoms with Gasteiger partial charge in [-0.3, -0.25) is 0 Å². The summed E-state index contributed by atoms with van der Waals surface area (Å²) in [4.78, 5) is 12.4. The number of hydrogen-bond donors (Lipinski definition) is 0. The number of rotatable bonds is 1. The minimum atomic E-state index is -0.875. The Kier molecular flexibility index (Phi) is 538. The molecule has 0 aromatic carbocycles. The molecule has 0 aliphatic rings. The van der Waals surface area contributed by atoms with Gasteiger partial charge in [-0.2, -0.15) is 0 Å². The van der Waals surface area contributed by atoms with Crippen molar-refractivity contribution >= 4 is 0 Å². The molecule has 0 amide bonds. The molecule has 0 atom stereocenters. The third-order valence-electron chi connectivity index (χ3n) is 0.149. The lowest BCUT2D eigenvalue weighted by Gasteiger charge is -1.75. The summed E-state index contributed by atoms with van der Waals surface area (Å²) in [5, 5.41) is 8.08. The van der Waals surface area contributed by atoms with Crippen molar-refractivity contribution < 1.29 is 42.8 Å². The average Bonchev–Trinajstić information content (AvgIpc) is 1.38. The van der Waals surface area contributed by atoms with Crippen LogP contribution in [0.3, 0.4) is 0 Å². The molecule has 10 nitrogen and oxygen atoms in total. The summed E-state index contributed by atoms with van der Waals surface area (Å²) in [7, 11) is 1.00. The Morgan fingerprint density at radius 3 is 1.09 bits per heavy atom. The van der Waals surface area contributed by atoms with Gasteiger partial charge in [0.1, 0.15) is 0 Å². The maximum atomic E-state index is 8.95. The molecule has 0 aromatic heterocycles. The second-order valence-electron chi connectivity index (χ2n) is 0.406. The molecule has 0 saturated heterocycles. The van der Waals surface area contributed by atoms with E-state index in [0.717, 1.165) is 7.11 Å². The summed E-state index contributed by atoms with van der Waals surface area (Å²) in [6, 6.07) is 0. The second kappa shape index (κ2) is 64.8. The van der Waals surface area contributed by atoms with Crippen LogP contribution in [-0.4, -0.2) is 45.1 Å². The summed E-state index contributed by atoms with van der Waals surface area (Å²) >= 11 is 0. The molecule has 0 aromatic rings. The first-order valence-electron chi connectivity index (χ1n) is 0.956. The highest BCUT2D eigenvalue weighted by atomic mass is 16.9. The van der Waals surface area contributed by atoms with Crippen LogP contribution in [0.15, 0.2) is 0 Å². The third kappa shape index (κ3) is 471. The van der Waals surface area contributed by atoms with E-state index in [1.54, 1.807) is 0 Å². The first kappa shape index (κ1) is 91.3. The highest BCUT2D eigenvalue weighted by molar-refractivity contribution is 3.86. The van der Waals surface area contributed by atoms with Gasteiger partial charge in [-0.05, 0) is 0 Å². The molecule has 0 rings (SSSR count). The van der Waals surface area contributed by atoms with Gasteiger partial charge in [-0.1, -0.05) is 0 Å². The Morgan fingerprint density at radius 2 is 1.09 bits per heavy atom. The molecule has 0 unspecified atom stereocenters. The molecule has 0 spiro atoms. The molecule has 11 heavy (non-hydrogen) atoms. The van der Waals surface area contributed by atoms with Gasteiger partial charge in [0.05, 0.1) is 7.11 Å². The van der Waals surface area contributed by atoms with E-state index in [4.69, 9.17) is 10.1 Å². The van der Waals surface area contributed by atoms with E-state index in [9.17, 15) is 0 Å². The van der Waals surface area contributed by atoms with Gasteiger partial charge < -0.3 is 37.7 Å². The number of hydrogen-bond acceptors (Lipinski definition) is 3. The van der Waals surface area contributed by atoms with Gasteiger partial charge in [-0.25, -0.2) is 0 Å². The zero-order valence-electron chi connectivity index (χ0n) is 5.67. The largest absolute Gasteiger partial charge is 0.412 e. The summed E-state index contributed by atoms with van der Waals surface area (Å²) < 4.78 is 0. The van der Waals surface area contributed by atoms with Crippen LogP contribution in [0.1, 0.15) is 0 Å². The molecule has 12 N–H and O–H groups in total. The maximum absolute atomic E-state index is 8.95. The fourth-order valence-electron chi connectivity index (χ4n) is 0. The predicted octanol–water partition coefficient (Wildman–Crippen LogP) is -5.12. The zero-order valence-corrected chi connectivity index (χ0v) is 5.67. The lowest BCUT2D eigenvalue weighted by atomic mass is 11.7. The molecule has 0 aliphatic carbocycles. The molecular formula is CH15NO9. The van der Waals surface area contributed by atoms with Crippen molar-refractivity contribution in [3.05, 3.63) is 10.1 Å². The van der Waals surface area contributed by atoms with Gasteiger partial charge in [0.2, 0.25) is 0 Å². The van der Waals surface area contributed by atoms with Crippen molar-refractivity contribution in [3.63, 3.8) is 0 Å². The fourth-order valence-corrected chi connectivity index (χ4v) is 0. The normalized spacial score (nSPS) is 3.00. The lowest BCUT2D eigenvalue weighted by molar-refractivity contribution is -0.749. The van der Waals surface area contributed by atoms with Crippen molar-refractivity contribution in [2.75, 3.05) is 7.11 Å². The molecular weight excluding hydrogens is 170 g/mol. The maximum Gasteiger partial charge on any atom is 0.294 e. The van der Waals surface area contributed by atoms with Crippen molar-refractivity contribution in [1.29, 1.82) is 0 Å². The van der Waals surface area contributed by atoms with E-state index in [0.29, 0.717) is 0 Å². The highest BCUT2D eigenvalue weighted by Crippen LogP contribution is 1.57. The standard InChI is InChI=1S/CH3NO3.6H2O/c1-5-2(3)4;;;;;;/h1H3;6*1H2. The molecule has 0 fully saturated rings. The van der Waals surface area contributed by atoms with E-state index in [-0.39, 0.29) is 32.9 Å². The zero-order chi connectivity index (χ0) is 4.28. The predicted molar refractivity (Wildman–Crippen MR) is 35.7 cm³/mol. The Morgan fingerprint density at radius 1 is 1.00 bits per heavy atom. The van der Waals surface area contributed by atoms with Crippen LogP contribution in [0.2, 0.25) is 0 Å². The Balaban J connectivity index is -0.00000000533. The van der Waals surface area contributed by atoms with Crippen molar-refractivity contribution in [3.8, 4) is 0 Å². The summed E-state index contributed by atoms with van der Waals surface area (Å²) in [6.45, 7) is 0. The minimum Gasteiger partial charge on any atom is -0.412 e. The SMILES string of the molecule is CO[N+](=O)[O-].O.O.O.O.O.O. The fraction of sp³-hybridized carbons (Fsp3) is 1.00. The van der Waals surface area contributed by atoms with E-state index < -0.39 is 5.09 Å². The van der Waals surface area contributed by atoms with Crippen LogP contribution >= 0.6 is 0 Å². The van der Waals surface area contributed by atoms with Gasteiger partial charge >= 0.3 is 0 Å². The molecule has 10 heteroatoms. The molecule has 0 radical (unpaired) electrons. The highest BCUT2D eigenvalue weighted by Gasteiger charge is 1.77. The van der Waals surface area contributed by atoms with Gasteiger partial charge in [-0.15, -0.1) is 10.1 Å². The van der Waals surface area contributed by atoms with Gasteiger partial charge in [0, 0.05) is 0 Å². The Labute approximate surface area is 61.3 Å². The van der Waals surface area contributed by atoms with E-state index in [2.05, 4.69) is 4.84 Å². The van der Waals surface area contributed by atoms with Gasteiger partial charge in [0.25, 0.3) is 5.09 Å². The van der Waals surface area contributed by atoms with Crippen LogP contribution in [0.25, 0.3) is 0 Å². The molecule has 0 bridgehead atoms. The molecule has 0 heterocycles.